The zero-order valence-electron chi connectivity index (χ0n) is 5.30. The van der Waals surface area contributed by atoms with E-state index in [2.05, 4.69) is 15.5 Å². The fourth-order valence-electron chi connectivity index (χ4n) is 0.416. The summed E-state index contributed by atoms with van der Waals surface area (Å²) in [5, 5.41) is 11.9. The average molecular weight is 196 g/mol. The molecule has 0 spiro atoms. The third kappa shape index (κ3) is 2.00. The summed E-state index contributed by atoms with van der Waals surface area (Å²) in [5.74, 6) is 0. The smallest absolute Gasteiger partial charge is 0.206 e. The predicted molar refractivity (Wildman–Crippen MR) is 46.0 cm³/mol. The number of aromatic nitrogens is 2. The molecule has 0 aliphatic rings. The van der Waals surface area contributed by atoms with Gasteiger partial charge in [-0.2, -0.15) is 0 Å². The van der Waals surface area contributed by atoms with E-state index in [0.29, 0.717) is 5.21 Å². The Kier molecular flexibility index (Phi) is 3.24. The molecule has 0 saturated heterocycles. The topological polar surface area (TPSA) is 37.8 Å². The maximum absolute atomic E-state index is 5.47. The van der Waals surface area contributed by atoms with E-state index < -0.39 is 0 Å². The molecule has 0 aliphatic heterocycles. The van der Waals surface area contributed by atoms with Gasteiger partial charge in [-0.3, -0.25) is 0 Å². The summed E-state index contributed by atoms with van der Waals surface area (Å²) in [6.45, 7) is 0. The molecule has 10 heavy (non-hydrogen) atoms. The second-order valence-corrected chi connectivity index (χ2v) is 4.16. The standard InChI is InChI=1S/C4H6ClN3S2/c1-6-3-7-8-4(10-3)9-2-5/h2H2,1H3,(H,6,7). The molecule has 0 aliphatic carbocycles. The van der Waals surface area contributed by atoms with Crippen molar-refractivity contribution in [3.05, 3.63) is 0 Å². The van der Waals surface area contributed by atoms with Gasteiger partial charge in [-0.05, 0) is 0 Å². The third-order valence-corrected chi connectivity index (χ3v) is 2.90. The van der Waals surface area contributed by atoms with Crippen molar-refractivity contribution in [1.82, 2.24) is 10.2 Å². The summed E-state index contributed by atoms with van der Waals surface area (Å²) in [4.78, 5) is 0. The lowest BCUT2D eigenvalue weighted by Gasteiger charge is -1.84. The number of nitrogens with one attached hydrogen (secondary N) is 1. The van der Waals surface area contributed by atoms with Crippen LogP contribution in [0.25, 0.3) is 0 Å². The molecule has 0 unspecified atom stereocenters. The molecule has 0 saturated carbocycles. The number of thioether (sulfide) groups is 1. The number of halogens is 1. The van der Waals surface area contributed by atoms with Gasteiger partial charge in [0.25, 0.3) is 0 Å². The summed E-state index contributed by atoms with van der Waals surface area (Å²) in [7, 11) is 1.82. The average Bonchev–Trinajstić information content (AvgIpc) is 2.37. The monoisotopic (exact) mass is 195 g/mol. The van der Waals surface area contributed by atoms with E-state index >= 15 is 0 Å². The highest BCUT2D eigenvalue weighted by Crippen LogP contribution is 2.25. The Morgan fingerprint density at radius 3 is 3.00 bits per heavy atom. The Hall–Kier alpha value is -0.0000000000000000278. The van der Waals surface area contributed by atoms with E-state index in [-0.39, 0.29) is 0 Å². The summed E-state index contributed by atoms with van der Waals surface area (Å²) < 4.78 is 0.902. The second kappa shape index (κ2) is 4.00. The van der Waals surface area contributed by atoms with Gasteiger partial charge in [-0.1, -0.05) is 23.1 Å². The van der Waals surface area contributed by atoms with Crippen LogP contribution in [-0.2, 0) is 0 Å². The van der Waals surface area contributed by atoms with E-state index in [1.54, 1.807) is 0 Å². The molecule has 0 amide bonds. The molecule has 0 atom stereocenters. The van der Waals surface area contributed by atoms with Crippen molar-refractivity contribution >= 4 is 39.8 Å². The zero-order valence-corrected chi connectivity index (χ0v) is 7.68. The van der Waals surface area contributed by atoms with Crippen molar-refractivity contribution in [1.29, 1.82) is 0 Å². The lowest BCUT2D eigenvalue weighted by molar-refractivity contribution is 1.01. The molecule has 1 N–H and O–H groups in total. The molecule has 1 rings (SSSR count). The van der Waals surface area contributed by atoms with Gasteiger partial charge >= 0.3 is 0 Å². The Labute approximate surface area is 72.2 Å². The largest absolute Gasteiger partial charge is 0.363 e. The Balaban J connectivity index is 2.59. The van der Waals surface area contributed by atoms with Gasteiger partial charge in [0.15, 0.2) is 4.34 Å². The third-order valence-electron chi connectivity index (χ3n) is 0.798. The van der Waals surface area contributed by atoms with Crippen LogP contribution in [0.5, 0.6) is 0 Å². The molecule has 0 aromatic carbocycles. The van der Waals surface area contributed by atoms with Crippen LogP contribution in [0.2, 0.25) is 0 Å². The maximum atomic E-state index is 5.47. The molecule has 56 valence electrons. The van der Waals surface area contributed by atoms with Gasteiger partial charge in [0, 0.05) is 7.05 Å². The summed E-state index contributed by atoms with van der Waals surface area (Å²) in [6.07, 6.45) is 0. The second-order valence-electron chi connectivity index (χ2n) is 1.38. The van der Waals surface area contributed by atoms with Crippen LogP contribution in [0.15, 0.2) is 4.34 Å². The first-order chi connectivity index (χ1) is 4.86. The number of hydrogen-bond acceptors (Lipinski definition) is 5. The number of nitrogens with zero attached hydrogens (tertiary/aromatic N) is 2. The molecular formula is C4H6ClN3S2. The Bertz CT molecular complexity index is 202. The van der Waals surface area contributed by atoms with E-state index in [9.17, 15) is 0 Å². The quantitative estimate of drug-likeness (QED) is 0.591. The summed E-state index contributed by atoms with van der Waals surface area (Å²) in [6, 6.07) is 0. The van der Waals surface area contributed by atoms with Gasteiger partial charge in [0.2, 0.25) is 5.13 Å². The van der Waals surface area contributed by atoms with E-state index in [1.807, 2.05) is 7.05 Å². The molecule has 1 aromatic rings. The van der Waals surface area contributed by atoms with Gasteiger partial charge in [0.1, 0.15) is 0 Å². The van der Waals surface area contributed by atoms with Crippen molar-refractivity contribution in [3.63, 3.8) is 0 Å². The molecule has 0 radical (unpaired) electrons. The number of anilines is 1. The van der Waals surface area contributed by atoms with Crippen molar-refractivity contribution in [2.24, 2.45) is 0 Å². The van der Waals surface area contributed by atoms with Crippen LogP contribution in [0.3, 0.4) is 0 Å². The van der Waals surface area contributed by atoms with Crippen LogP contribution >= 0.6 is 34.7 Å². The highest BCUT2D eigenvalue weighted by Gasteiger charge is 2.00. The summed E-state index contributed by atoms with van der Waals surface area (Å²) >= 11 is 8.45. The minimum Gasteiger partial charge on any atom is -0.363 e. The zero-order chi connectivity index (χ0) is 7.40. The Morgan fingerprint density at radius 1 is 1.70 bits per heavy atom. The predicted octanol–water partition coefficient (Wildman–Crippen LogP) is 1.87. The van der Waals surface area contributed by atoms with Crippen molar-refractivity contribution in [2.45, 2.75) is 4.34 Å². The first kappa shape index (κ1) is 8.10. The highest BCUT2D eigenvalue weighted by molar-refractivity contribution is 8.02. The van der Waals surface area contributed by atoms with Crippen LogP contribution in [0, 0.1) is 0 Å². The van der Waals surface area contributed by atoms with E-state index in [1.165, 1.54) is 23.1 Å². The fraction of sp³-hybridized carbons (Fsp3) is 0.500. The van der Waals surface area contributed by atoms with Crippen LogP contribution < -0.4 is 5.32 Å². The van der Waals surface area contributed by atoms with Crippen LogP contribution in [-0.4, -0.2) is 22.5 Å². The number of rotatable bonds is 3. The summed E-state index contributed by atoms with van der Waals surface area (Å²) in [5.41, 5.74) is 0. The minimum absolute atomic E-state index is 0.526. The first-order valence-electron chi connectivity index (χ1n) is 2.57. The highest BCUT2D eigenvalue weighted by atomic mass is 35.5. The number of alkyl halides is 1. The van der Waals surface area contributed by atoms with Gasteiger partial charge < -0.3 is 5.32 Å². The van der Waals surface area contributed by atoms with Gasteiger partial charge in [-0.15, -0.1) is 21.8 Å². The van der Waals surface area contributed by atoms with Gasteiger partial charge in [-0.25, -0.2) is 0 Å². The number of hydrogen-bond donors (Lipinski definition) is 1. The van der Waals surface area contributed by atoms with Crippen molar-refractivity contribution in [2.75, 3.05) is 17.6 Å². The first-order valence-corrected chi connectivity index (χ1v) is 4.90. The molecule has 0 fully saturated rings. The van der Waals surface area contributed by atoms with Crippen LogP contribution in [0.1, 0.15) is 0 Å². The van der Waals surface area contributed by atoms with Gasteiger partial charge in [0.05, 0.1) is 5.21 Å². The lowest BCUT2D eigenvalue weighted by Crippen LogP contribution is -1.84. The molecular weight excluding hydrogens is 190 g/mol. The minimum atomic E-state index is 0.526. The van der Waals surface area contributed by atoms with Crippen LogP contribution in [0.4, 0.5) is 5.13 Å². The molecule has 1 heterocycles. The maximum Gasteiger partial charge on any atom is 0.206 e. The fourth-order valence-corrected chi connectivity index (χ4v) is 2.19. The van der Waals surface area contributed by atoms with Crippen molar-refractivity contribution in [3.8, 4) is 0 Å². The molecule has 1 aromatic heterocycles. The lowest BCUT2D eigenvalue weighted by atomic mass is 11.1. The van der Waals surface area contributed by atoms with E-state index in [4.69, 9.17) is 11.6 Å². The SMILES string of the molecule is CNc1nnc(SCCl)s1. The normalized spacial score (nSPS) is 9.80. The molecule has 6 heteroatoms. The molecule has 3 nitrogen and oxygen atoms in total. The molecule has 0 bridgehead atoms. The van der Waals surface area contributed by atoms with E-state index in [0.717, 1.165) is 9.47 Å². The Morgan fingerprint density at radius 2 is 2.50 bits per heavy atom. The van der Waals surface area contributed by atoms with Crippen molar-refractivity contribution < 1.29 is 0 Å².